The Hall–Kier alpha value is -2.58. The SMILES string of the molecule is Cl.Cn1ccnc1C1CNCCN1C(=O)c1cccc(OCC(N)=O)c1. The van der Waals surface area contributed by atoms with Crippen molar-refractivity contribution in [2.24, 2.45) is 12.8 Å². The summed E-state index contributed by atoms with van der Waals surface area (Å²) in [5, 5.41) is 3.31. The summed E-state index contributed by atoms with van der Waals surface area (Å²) >= 11 is 0. The number of ether oxygens (including phenoxy) is 1. The summed E-state index contributed by atoms with van der Waals surface area (Å²) in [4.78, 5) is 30.1. The first-order valence-electron chi connectivity index (χ1n) is 8.06. The van der Waals surface area contributed by atoms with Crippen LogP contribution in [0.5, 0.6) is 5.75 Å². The first-order chi connectivity index (χ1) is 12.1. The highest BCUT2D eigenvalue weighted by Crippen LogP contribution is 2.24. The Balaban J connectivity index is 0.00000243. The molecule has 2 amide bonds. The second-order valence-corrected chi connectivity index (χ2v) is 5.90. The molecule has 2 heterocycles. The van der Waals surface area contributed by atoms with Gasteiger partial charge < -0.3 is 25.3 Å². The normalized spacial score (nSPS) is 16.7. The zero-order valence-corrected chi connectivity index (χ0v) is 15.2. The fourth-order valence-corrected chi connectivity index (χ4v) is 2.92. The molecule has 1 aliphatic heterocycles. The predicted octanol–water partition coefficient (Wildman–Crippen LogP) is 0.493. The number of nitrogens with two attached hydrogens (primary N) is 1. The van der Waals surface area contributed by atoms with Crippen LogP contribution in [0.3, 0.4) is 0 Å². The highest BCUT2D eigenvalue weighted by Gasteiger charge is 2.31. The van der Waals surface area contributed by atoms with Crippen LogP contribution in [-0.4, -0.2) is 52.5 Å². The number of primary amides is 1. The van der Waals surface area contributed by atoms with Crippen molar-refractivity contribution >= 4 is 24.2 Å². The molecule has 0 saturated carbocycles. The third-order valence-corrected chi connectivity index (χ3v) is 4.12. The quantitative estimate of drug-likeness (QED) is 0.787. The lowest BCUT2D eigenvalue weighted by Crippen LogP contribution is -2.49. The lowest BCUT2D eigenvalue weighted by Gasteiger charge is -2.35. The van der Waals surface area contributed by atoms with E-state index in [0.29, 0.717) is 24.4 Å². The predicted molar refractivity (Wildman–Crippen MR) is 98.2 cm³/mol. The van der Waals surface area contributed by atoms with Crippen LogP contribution in [0.15, 0.2) is 36.7 Å². The molecular formula is C17H22ClN5O3. The van der Waals surface area contributed by atoms with Gasteiger partial charge in [0.1, 0.15) is 17.6 Å². The summed E-state index contributed by atoms with van der Waals surface area (Å²) in [7, 11) is 1.91. The van der Waals surface area contributed by atoms with Gasteiger partial charge in [0, 0.05) is 44.6 Å². The number of hydrogen-bond acceptors (Lipinski definition) is 5. The van der Waals surface area contributed by atoms with Gasteiger partial charge in [-0.15, -0.1) is 12.4 Å². The van der Waals surface area contributed by atoms with Gasteiger partial charge in [0.25, 0.3) is 11.8 Å². The highest BCUT2D eigenvalue weighted by atomic mass is 35.5. The first kappa shape index (κ1) is 19.7. The number of nitrogens with zero attached hydrogens (tertiary/aromatic N) is 3. The van der Waals surface area contributed by atoms with Crippen LogP contribution in [0.4, 0.5) is 0 Å². The lowest BCUT2D eigenvalue weighted by molar-refractivity contribution is -0.119. The van der Waals surface area contributed by atoms with E-state index in [1.807, 2.05) is 22.7 Å². The van der Waals surface area contributed by atoms with E-state index in [2.05, 4.69) is 10.3 Å². The molecule has 0 bridgehead atoms. The molecule has 9 heteroatoms. The van der Waals surface area contributed by atoms with Crippen molar-refractivity contribution in [3.8, 4) is 5.75 Å². The largest absolute Gasteiger partial charge is 0.484 e. The summed E-state index contributed by atoms with van der Waals surface area (Å²) < 4.78 is 7.21. The number of imidazole rings is 1. The van der Waals surface area contributed by atoms with E-state index in [1.54, 1.807) is 30.5 Å². The van der Waals surface area contributed by atoms with E-state index in [1.165, 1.54) is 0 Å². The highest BCUT2D eigenvalue weighted by molar-refractivity contribution is 5.95. The Morgan fingerprint density at radius 3 is 2.92 bits per heavy atom. The second kappa shape index (κ2) is 8.68. The van der Waals surface area contributed by atoms with Crippen LogP contribution in [0.25, 0.3) is 0 Å². The van der Waals surface area contributed by atoms with Gasteiger partial charge in [-0.3, -0.25) is 9.59 Å². The van der Waals surface area contributed by atoms with Crippen LogP contribution in [0, 0.1) is 0 Å². The zero-order valence-electron chi connectivity index (χ0n) is 14.4. The molecule has 1 aliphatic rings. The molecule has 1 atom stereocenters. The van der Waals surface area contributed by atoms with Crippen molar-refractivity contribution < 1.29 is 14.3 Å². The van der Waals surface area contributed by atoms with Gasteiger partial charge in [0.05, 0.1) is 0 Å². The van der Waals surface area contributed by atoms with Crippen molar-refractivity contribution in [3.05, 3.63) is 48.0 Å². The summed E-state index contributed by atoms with van der Waals surface area (Å²) in [6.45, 7) is 1.74. The van der Waals surface area contributed by atoms with E-state index < -0.39 is 5.91 Å². The van der Waals surface area contributed by atoms with Crippen molar-refractivity contribution in [2.45, 2.75) is 6.04 Å². The molecule has 3 N–H and O–H groups in total. The molecule has 0 spiro atoms. The first-order valence-corrected chi connectivity index (χ1v) is 8.06. The van der Waals surface area contributed by atoms with Gasteiger partial charge in [-0.1, -0.05) is 6.07 Å². The molecule has 1 aromatic carbocycles. The van der Waals surface area contributed by atoms with Gasteiger partial charge in [-0.05, 0) is 18.2 Å². The van der Waals surface area contributed by atoms with E-state index in [4.69, 9.17) is 10.5 Å². The number of aryl methyl sites for hydroxylation is 1. The monoisotopic (exact) mass is 379 g/mol. The topological polar surface area (TPSA) is 102 Å². The zero-order chi connectivity index (χ0) is 17.8. The van der Waals surface area contributed by atoms with Crippen LogP contribution in [-0.2, 0) is 11.8 Å². The average Bonchev–Trinajstić information content (AvgIpc) is 3.05. The average molecular weight is 380 g/mol. The van der Waals surface area contributed by atoms with Crippen molar-refractivity contribution in [2.75, 3.05) is 26.2 Å². The maximum Gasteiger partial charge on any atom is 0.255 e. The number of nitrogens with one attached hydrogen (secondary N) is 1. The minimum absolute atomic E-state index is 0. The molecule has 0 radical (unpaired) electrons. The molecule has 140 valence electrons. The number of halogens is 1. The second-order valence-electron chi connectivity index (χ2n) is 5.90. The number of aromatic nitrogens is 2. The Labute approximate surface area is 157 Å². The van der Waals surface area contributed by atoms with Crippen LogP contribution in [0.2, 0.25) is 0 Å². The van der Waals surface area contributed by atoms with Gasteiger partial charge in [-0.2, -0.15) is 0 Å². The molecule has 1 saturated heterocycles. The Kier molecular flexibility index (Phi) is 6.59. The van der Waals surface area contributed by atoms with Gasteiger partial charge in [0.15, 0.2) is 6.61 Å². The molecule has 26 heavy (non-hydrogen) atoms. The number of amides is 2. The maximum atomic E-state index is 13.0. The van der Waals surface area contributed by atoms with Crippen molar-refractivity contribution in [1.29, 1.82) is 0 Å². The number of hydrogen-bond donors (Lipinski definition) is 2. The summed E-state index contributed by atoms with van der Waals surface area (Å²) in [6, 6.07) is 6.63. The molecule has 2 aromatic rings. The number of rotatable bonds is 5. The lowest BCUT2D eigenvalue weighted by atomic mass is 10.1. The smallest absolute Gasteiger partial charge is 0.255 e. The third-order valence-electron chi connectivity index (χ3n) is 4.12. The van der Waals surface area contributed by atoms with Gasteiger partial charge >= 0.3 is 0 Å². The Morgan fingerprint density at radius 1 is 1.42 bits per heavy atom. The van der Waals surface area contributed by atoms with E-state index in [0.717, 1.165) is 12.4 Å². The van der Waals surface area contributed by atoms with E-state index in [-0.39, 0.29) is 31.0 Å². The Morgan fingerprint density at radius 2 is 2.23 bits per heavy atom. The van der Waals surface area contributed by atoms with Gasteiger partial charge in [-0.25, -0.2) is 4.98 Å². The number of carbonyl (C=O) groups is 2. The fraction of sp³-hybridized carbons (Fsp3) is 0.353. The van der Waals surface area contributed by atoms with Crippen LogP contribution in [0.1, 0.15) is 22.2 Å². The van der Waals surface area contributed by atoms with Crippen LogP contribution < -0.4 is 15.8 Å². The summed E-state index contributed by atoms with van der Waals surface area (Å²) in [5.41, 5.74) is 5.59. The molecular weight excluding hydrogens is 358 g/mol. The molecule has 1 aromatic heterocycles. The minimum Gasteiger partial charge on any atom is -0.484 e. The number of benzene rings is 1. The minimum atomic E-state index is -0.561. The fourth-order valence-electron chi connectivity index (χ4n) is 2.92. The number of piperazine rings is 1. The molecule has 0 aliphatic carbocycles. The molecule has 3 rings (SSSR count). The summed E-state index contributed by atoms with van der Waals surface area (Å²) in [5.74, 6) is 0.614. The third kappa shape index (κ3) is 4.33. The van der Waals surface area contributed by atoms with Gasteiger partial charge in [0.2, 0.25) is 0 Å². The van der Waals surface area contributed by atoms with Crippen molar-refractivity contribution in [1.82, 2.24) is 19.8 Å². The van der Waals surface area contributed by atoms with E-state index in [9.17, 15) is 9.59 Å². The Bertz CT molecular complexity index is 779. The molecule has 8 nitrogen and oxygen atoms in total. The standard InChI is InChI=1S/C17H21N5O3.ClH/c1-21-7-6-20-16(21)14-10-19-5-8-22(14)17(24)12-3-2-4-13(9-12)25-11-15(18)23;/h2-4,6-7,9,14,19H,5,8,10-11H2,1H3,(H2,18,23);1H. The van der Waals surface area contributed by atoms with Crippen LogP contribution >= 0.6 is 12.4 Å². The maximum absolute atomic E-state index is 13.0. The van der Waals surface area contributed by atoms with E-state index >= 15 is 0 Å². The number of carbonyl (C=O) groups excluding carboxylic acids is 2. The molecule has 1 fully saturated rings. The summed E-state index contributed by atoms with van der Waals surface area (Å²) in [6.07, 6.45) is 3.59. The van der Waals surface area contributed by atoms with Crippen molar-refractivity contribution in [3.63, 3.8) is 0 Å². The molecule has 1 unspecified atom stereocenters.